The van der Waals surface area contributed by atoms with Gasteiger partial charge in [-0.3, -0.25) is 0 Å². The normalized spacial score (nSPS) is 14.3. The van der Waals surface area contributed by atoms with Gasteiger partial charge >= 0.3 is 0 Å². The molecule has 96 valence electrons. The van der Waals surface area contributed by atoms with Crippen molar-refractivity contribution in [2.45, 2.75) is 38.8 Å². The molecule has 1 aromatic carbocycles. The number of para-hydroxylation sites is 1. The predicted octanol–water partition coefficient (Wildman–Crippen LogP) is 2.20. The molecular weight excluding hydrogens is 214 g/mol. The molecule has 0 aliphatic rings. The summed E-state index contributed by atoms with van der Waals surface area (Å²) in [4.78, 5) is 0. The molecule has 0 bridgehead atoms. The highest BCUT2D eigenvalue weighted by Crippen LogP contribution is 2.08. The Morgan fingerprint density at radius 1 is 1.24 bits per heavy atom. The van der Waals surface area contributed by atoms with E-state index in [-0.39, 0.29) is 6.10 Å². The lowest BCUT2D eigenvalue weighted by Gasteiger charge is -2.15. The van der Waals surface area contributed by atoms with Crippen LogP contribution >= 0.6 is 0 Å². The van der Waals surface area contributed by atoms with Crippen LogP contribution in [0.15, 0.2) is 30.3 Å². The van der Waals surface area contributed by atoms with Crippen molar-refractivity contribution in [3.63, 3.8) is 0 Å². The second kappa shape index (κ2) is 8.09. The molecule has 17 heavy (non-hydrogen) atoms. The summed E-state index contributed by atoms with van der Waals surface area (Å²) >= 11 is 0. The van der Waals surface area contributed by atoms with Gasteiger partial charge in [-0.1, -0.05) is 18.2 Å². The van der Waals surface area contributed by atoms with Gasteiger partial charge in [0.1, 0.15) is 5.75 Å². The van der Waals surface area contributed by atoms with E-state index in [1.54, 1.807) is 0 Å². The molecule has 0 aliphatic heterocycles. The molecule has 0 aromatic heterocycles. The van der Waals surface area contributed by atoms with Crippen LogP contribution in [-0.2, 0) is 0 Å². The number of aliphatic hydroxyl groups is 1. The Morgan fingerprint density at radius 3 is 2.59 bits per heavy atom. The Balaban J connectivity index is 2.01. The first-order chi connectivity index (χ1) is 8.18. The Bertz CT molecular complexity index is 288. The van der Waals surface area contributed by atoms with Gasteiger partial charge in [0.15, 0.2) is 0 Å². The maximum Gasteiger partial charge on any atom is 0.119 e. The van der Waals surface area contributed by atoms with Crippen LogP contribution in [0.3, 0.4) is 0 Å². The minimum Gasteiger partial charge on any atom is -0.494 e. The van der Waals surface area contributed by atoms with E-state index in [0.717, 1.165) is 31.7 Å². The van der Waals surface area contributed by atoms with Gasteiger partial charge in [-0.2, -0.15) is 0 Å². The Labute approximate surface area is 104 Å². The van der Waals surface area contributed by atoms with Crippen molar-refractivity contribution in [3.8, 4) is 5.75 Å². The Hall–Kier alpha value is -1.06. The first-order valence-electron chi connectivity index (χ1n) is 6.28. The van der Waals surface area contributed by atoms with Crippen LogP contribution < -0.4 is 10.1 Å². The molecular formula is C14H23NO2. The van der Waals surface area contributed by atoms with E-state index in [9.17, 15) is 5.11 Å². The van der Waals surface area contributed by atoms with Crippen molar-refractivity contribution in [1.82, 2.24) is 5.32 Å². The van der Waals surface area contributed by atoms with Crippen LogP contribution in [-0.4, -0.2) is 30.4 Å². The maximum atomic E-state index is 9.21. The molecule has 0 heterocycles. The summed E-state index contributed by atoms with van der Waals surface area (Å²) in [5, 5.41) is 12.6. The number of benzene rings is 1. The van der Waals surface area contributed by atoms with Crippen LogP contribution in [0.25, 0.3) is 0 Å². The molecule has 0 fully saturated rings. The fourth-order valence-corrected chi connectivity index (χ4v) is 1.72. The summed E-state index contributed by atoms with van der Waals surface area (Å²) in [6.45, 7) is 5.54. The van der Waals surface area contributed by atoms with Gasteiger partial charge in [0.05, 0.1) is 12.7 Å². The van der Waals surface area contributed by atoms with Crippen LogP contribution in [0, 0.1) is 0 Å². The fourth-order valence-electron chi connectivity index (χ4n) is 1.72. The Morgan fingerprint density at radius 2 is 1.94 bits per heavy atom. The van der Waals surface area contributed by atoms with Crippen molar-refractivity contribution in [3.05, 3.63) is 30.3 Å². The number of ether oxygens (including phenoxy) is 1. The van der Waals surface area contributed by atoms with Crippen LogP contribution in [0.4, 0.5) is 0 Å². The van der Waals surface area contributed by atoms with E-state index >= 15 is 0 Å². The van der Waals surface area contributed by atoms with Crippen molar-refractivity contribution in [1.29, 1.82) is 0 Å². The lowest BCUT2D eigenvalue weighted by molar-refractivity contribution is 0.170. The number of rotatable bonds is 8. The molecule has 0 amide bonds. The molecule has 0 spiro atoms. The number of aliphatic hydroxyl groups excluding tert-OH is 1. The summed E-state index contributed by atoms with van der Waals surface area (Å²) < 4.78 is 5.58. The molecule has 3 heteroatoms. The standard InChI is InChI=1S/C14H23NO2/c1-12(11-13(2)16)15-9-6-10-17-14-7-4-3-5-8-14/h3-5,7-8,12-13,15-16H,6,9-11H2,1-2H3. The lowest BCUT2D eigenvalue weighted by atomic mass is 10.1. The van der Waals surface area contributed by atoms with Gasteiger partial charge in [-0.25, -0.2) is 0 Å². The third-order valence-corrected chi connectivity index (χ3v) is 2.52. The average molecular weight is 237 g/mol. The van der Waals surface area contributed by atoms with E-state index in [1.807, 2.05) is 37.3 Å². The van der Waals surface area contributed by atoms with Gasteiger partial charge < -0.3 is 15.2 Å². The maximum absolute atomic E-state index is 9.21. The smallest absolute Gasteiger partial charge is 0.119 e. The van der Waals surface area contributed by atoms with Crippen molar-refractivity contribution < 1.29 is 9.84 Å². The number of nitrogens with one attached hydrogen (secondary N) is 1. The largest absolute Gasteiger partial charge is 0.494 e. The summed E-state index contributed by atoms with van der Waals surface area (Å²) in [6.07, 6.45) is 1.52. The van der Waals surface area contributed by atoms with E-state index in [1.165, 1.54) is 0 Å². The van der Waals surface area contributed by atoms with Crippen LogP contribution in [0.1, 0.15) is 26.7 Å². The second-order valence-corrected chi connectivity index (χ2v) is 4.45. The minimum absolute atomic E-state index is 0.238. The zero-order valence-electron chi connectivity index (χ0n) is 10.7. The fraction of sp³-hybridized carbons (Fsp3) is 0.571. The molecule has 0 radical (unpaired) electrons. The topological polar surface area (TPSA) is 41.5 Å². The van der Waals surface area contributed by atoms with Crippen LogP contribution in [0.5, 0.6) is 5.75 Å². The monoisotopic (exact) mass is 237 g/mol. The van der Waals surface area contributed by atoms with Gasteiger partial charge in [0.2, 0.25) is 0 Å². The van der Waals surface area contributed by atoms with E-state index < -0.39 is 0 Å². The molecule has 2 N–H and O–H groups in total. The van der Waals surface area contributed by atoms with E-state index in [4.69, 9.17) is 4.74 Å². The third-order valence-electron chi connectivity index (χ3n) is 2.52. The van der Waals surface area contributed by atoms with Crippen molar-refractivity contribution in [2.75, 3.05) is 13.2 Å². The molecule has 3 nitrogen and oxygen atoms in total. The highest BCUT2D eigenvalue weighted by atomic mass is 16.5. The quantitative estimate of drug-likeness (QED) is 0.681. The third kappa shape index (κ3) is 6.97. The van der Waals surface area contributed by atoms with Gasteiger partial charge in [0.25, 0.3) is 0 Å². The SMILES string of the molecule is CC(O)CC(C)NCCCOc1ccccc1. The van der Waals surface area contributed by atoms with E-state index in [0.29, 0.717) is 6.04 Å². The first-order valence-corrected chi connectivity index (χ1v) is 6.28. The minimum atomic E-state index is -0.238. The van der Waals surface area contributed by atoms with Gasteiger partial charge in [-0.05, 0) is 45.4 Å². The molecule has 1 rings (SSSR count). The molecule has 1 aromatic rings. The van der Waals surface area contributed by atoms with Gasteiger partial charge in [0, 0.05) is 6.04 Å². The number of hydrogen-bond acceptors (Lipinski definition) is 3. The number of hydrogen-bond donors (Lipinski definition) is 2. The van der Waals surface area contributed by atoms with Crippen molar-refractivity contribution in [2.24, 2.45) is 0 Å². The van der Waals surface area contributed by atoms with E-state index in [2.05, 4.69) is 12.2 Å². The zero-order valence-corrected chi connectivity index (χ0v) is 10.7. The van der Waals surface area contributed by atoms with Gasteiger partial charge in [-0.15, -0.1) is 0 Å². The highest BCUT2D eigenvalue weighted by Gasteiger charge is 2.04. The van der Waals surface area contributed by atoms with Crippen molar-refractivity contribution >= 4 is 0 Å². The molecule has 2 atom stereocenters. The summed E-state index contributed by atoms with van der Waals surface area (Å²) in [7, 11) is 0. The summed E-state index contributed by atoms with van der Waals surface area (Å²) in [5.74, 6) is 0.921. The Kier molecular flexibility index (Phi) is 6.67. The molecule has 2 unspecified atom stereocenters. The summed E-state index contributed by atoms with van der Waals surface area (Å²) in [5.41, 5.74) is 0. The van der Waals surface area contributed by atoms with Crippen LogP contribution in [0.2, 0.25) is 0 Å². The summed E-state index contributed by atoms with van der Waals surface area (Å²) in [6, 6.07) is 10.2. The second-order valence-electron chi connectivity index (χ2n) is 4.45. The molecule has 0 aliphatic carbocycles. The molecule has 0 saturated carbocycles. The zero-order chi connectivity index (χ0) is 12.5. The average Bonchev–Trinajstić information content (AvgIpc) is 2.29. The lowest BCUT2D eigenvalue weighted by Crippen LogP contribution is -2.30. The molecule has 0 saturated heterocycles. The predicted molar refractivity (Wildman–Crippen MR) is 70.3 cm³/mol. The first kappa shape index (κ1) is 14.0. The highest BCUT2D eigenvalue weighted by molar-refractivity contribution is 5.20.